The topological polar surface area (TPSA) is 16.1 Å². The largest absolute Gasteiger partial charge is 0.416 e. The van der Waals surface area contributed by atoms with E-state index in [4.69, 9.17) is 4.98 Å². The summed E-state index contributed by atoms with van der Waals surface area (Å²) in [5.41, 5.74) is 6.02. The van der Waals surface area contributed by atoms with Gasteiger partial charge in [-0.3, -0.25) is 0 Å². The van der Waals surface area contributed by atoms with Crippen LogP contribution in [-0.2, 0) is 25.6 Å². The van der Waals surface area contributed by atoms with Gasteiger partial charge in [0.1, 0.15) is 5.82 Å². The predicted octanol–water partition coefficient (Wildman–Crippen LogP) is 7.89. The van der Waals surface area contributed by atoms with Crippen LogP contribution in [0.2, 0.25) is 0 Å². The van der Waals surface area contributed by atoms with Gasteiger partial charge in [-0.05, 0) is 66.3 Å². The Labute approximate surface area is 205 Å². The third kappa shape index (κ3) is 6.50. The van der Waals surface area contributed by atoms with E-state index in [1.54, 1.807) is 12.1 Å². The van der Waals surface area contributed by atoms with Crippen LogP contribution in [0, 0.1) is 6.92 Å². The van der Waals surface area contributed by atoms with Crippen LogP contribution in [0.15, 0.2) is 91.1 Å². The Morgan fingerprint density at radius 3 is 1.89 bits per heavy atom. The summed E-state index contributed by atoms with van der Waals surface area (Å²) < 4.78 is 39.0. The van der Waals surface area contributed by atoms with Crippen LogP contribution in [0.4, 0.5) is 19.0 Å². The fraction of sp³-hybridized carbons (Fsp3) is 0.233. The van der Waals surface area contributed by atoms with Gasteiger partial charge in [0.05, 0.1) is 5.56 Å². The molecule has 0 saturated carbocycles. The molecule has 1 aromatic heterocycles. The molecule has 4 rings (SSSR count). The van der Waals surface area contributed by atoms with Gasteiger partial charge in [0.15, 0.2) is 0 Å². The summed E-state index contributed by atoms with van der Waals surface area (Å²) in [7, 11) is 0. The van der Waals surface area contributed by atoms with Crippen LogP contribution in [0.1, 0.15) is 34.7 Å². The van der Waals surface area contributed by atoms with Crippen molar-refractivity contribution in [2.24, 2.45) is 0 Å². The minimum Gasteiger partial charge on any atom is -0.352 e. The smallest absolute Gasteiger partial charge is 0.352 e. The zero-order valence-electron chi connectivity index (χ0n) is 20.0. The lowest BCUT2D eigenvalue weighted by molar-refractivity contribution is -0.137. The second-order valence-corrected chi connectivity index (χ2v) is 8.81. The van der Waals surface area contributed by atoms with E-state index in [1.807, 2.05) is 12.3 Å². The van der Waals surface area contributed by atoms with Crippen molar-refractivity contribution in [1.29, 1.82) is 0 Å². The highest BCUT2D eigenvalue weighted by Gasteiger charge is 2.30. The Morgan fingerprint density at radius 2 is 1.31 bits per heavy atom. The molecule has 0 aliphatic heterocycles. The van der Waals surface area contributed by atoms with Gasteiger partial charge in [0.2, 0.25) is 0 Å². The lowest BCUT2D eigenvalue weighted by atomic mass is 10.0. The third-order valence-corrected chi connectivity index (χ3v) is 6.21. The quantitative estimate of drug-likeness (QED) is 0.258. The second kappa shape index (κ2) is 10.8. The van der Waals surface area contributed by atoms with E-state index in [-0.39, 0.29) is 0 Å². The highest BCUT2D eigenvalue weighted by molar-refractivity contribution is 5.64. The van der Waals surface area contributed by atoms with Crippen molar-refractivity contribution < 1.29 is 13.2 Å². The minimum absolute atomic E-state index is 0.474. The first kappa shape index (κ1) is 24.5. The van der Waals surface area contributed by atoms with Crippen LogP contribution < -0.4 is 4.90 Å². The summed E-state index contributed by atoms with van der Waals surface area (Å²) in [6, 6.07) is 26.3. The SMILES string of the molecule is CCc1ccc(-c2ccc(N(CCc3ccc(C)cc3)Cc3ccc(C(F)(F)F)cc3)nc2)cc1. The summed E-state index contributed by atoms with van der Waals surface area (Å²) in [6.45, 7) is 5.36. The van der Waals surface area contributed by atoms with E-state index in [0.29, 0.717) is 13.1 Å². The van der Waals surface area contributed by atoms with E-state index >= 15 is 0 Å². The highest BCUT2D eigenvalue weighted by Crippen LogP contribution is 2.29. The predicted molar refractivity (Wildman–Crippen MR) is 136 cm³/mol. The fourth-order valence-corrected chi connectivity index (χ4v) is 3.99. The molecule has 0 aliphatic carbocycles. The van der Waals surface area contributed by atoms with Gasteiger partial charge in [-0.15, -0.1) is 0 Å². The molecular formula is C30H29F3N2. The molecule has 1 heterocycles. The first-order valence-electron chi connectivity index (χ1n) is 11.8. The summed E-state index contributed by atoms with van der Waals surface area (Å²) in [5, 5.41) is 0. The lowest BCUT2D eigenvalue weighted by Crippen LogP contribution is -2.26. The maximum Gasteiger partial charge on any atom is 0.416 e. The molecule has 0 amide bonds. The Morgan fingerprint density at radius 1 is 0.714 bits per heavy atom. The first-order valence-corrected chi connectivity index (χ1v) is 11.8. The van der Waals surface area contributed by atoms with E-state index in [9.17, 15) is 13.2 Å². The Balaban J connectivity index is 1.55. The van der Waals surface area contributed by atoms with Crippen LogP contribution in [0.5, 0.6) is 0 Å². The molecular weight excluding hydrogens is 445 g/mol. The van der Waals surface area contributed by atoms with Gasteiger partial charge in [0, 0.05) is 24.8 Å². The molecule has 3 aromatic carbocycles. The Kier molecular flexibility index (Phi) is 7.54. The van der Waals surface area contributed by atoms with E-state index in [1.165, 1.54) is 16.7 Å². The van der Waals surface area contributed by atoms with Crippen LogP contribution in [0.25, 0.3) is 11.1 Å². The van der Waals surface area contributed by atoms with E-state index < -0.39 is 11.7 Å². The van der Waals surface area contributed by atoms with E-state index in [2.05, 4.69) is 73.3 Å². The number of pyridine rings is 1. The van der Waals surface area contributed by atoms with Crippen molar-refractivity contribution in [3.8, 4) is 11.1 Å². The van der Waals surface area contributed by atoms with Gasteiger partial charge in [0.25, 0.3) is 0 Å². The molecule has 0 spiro atoms. The van der Waals surface area contributed by atoms with Crippen molar-refractivity contribution in [1.82, 2.24) is 4.98 Å². The van der Waals surface area contributed by atoms with Crippen molar-refractivity contribution in [2.45, 2.75) is 39.4 Å². The number of aryl methyl sites for hydroxylation is 2. The number of benzene rings is 3. The molecule has 2 nitrogen and oxygen atoms in total. The van der Waals surface area contributed by atoms with Gasteiger partial charge in [-0.2, -0.15) is 13.2 Å². The van der Waals surface area contributed by atoms with Crippen molar-refractivity contribution in [3.63, 3.8) is 0 Å². The van der Waals surface area contributed by atoms with Gasteiger partial charge >= 0.3 is 6.18 Å². The van der Waals surface area contributed by atoms with Crippen LogP contribution in [0.3, 0.4) is 0 Å². The lowest BCUT2D eigenvalue weighted by Gasteiger charge is -2.24. The van der Waals surface area contributed by atoms with Gasteiger partial charge in [-0.25, -0.2) is 4.98 Å². The molecule has 35 heavy (non-hydrogen) atoms. The molecule has 0 bridgehead atoms. The summed E-state index contributed by atoms with van der Waals surface area (Å²) >= 11 is 0. The zero-order valence-corrected chi connectivity index (χ0v) is 20.0. The summed E-state index contributed by atoms with van der Waals surface area (Å²) in [4.78, 5) is 6.84. The number of nitrogens with zero attached hydrogens (tertiary/aromatic N) is 2. The molecule has 0 N–H and O–H groups in total. The molecule has 0 saturated heterocycles. The maximum absolute atomic E-state index is 13.0. The minimum atomic E-state index is -4.34. The van der Waals surface area contributed by atoms with Crippen LogP contribution >= 0.6 is 0 Å². The Hall–Kier alpha value is -3.60. The van der Waals surface area contributed by atoms with Crippen molar-refractivity contribution >= 4 is 5.82 Å². The van der Waals surface area contributed by atoms with Crippen molar-refractivity contribution in [2.75, 3.05) is 11.4 Å². The molecule has 5 heteroatoms. The molecule has 0 atom stereocenters. The van der Waals surface area contributed by atoms with Gasteiger partial charge < -0.3 is 4.90 Å². The molecule has 0 radical (unpaired) electrons. The average molecular weight is 475 g/mol. The van der Waals surface area contributed by atoms with Crippen molar-refractivity contribution in [3.05, 3.63) is 119 Å². The molecule has 4 aromatic rings. The second-order valence-electron chi connectivity index (χ2n) is 8.81. The van der Waals surface area contributed by atoms with Crippen LogP contribution in [-0.4, -0.2) is 11.5 Å². The Bertz CT molecular complexity index is 1210. The monoisotopic (exact) mass is 474 g/mol. The first-order chi connectivity index (χ1) is 16.8. The number of alkyl halides is 3. The standard InChI is InChI=1S/C30H29F3N2/c1-3-23-8-12-26(13-9-23)27-14-17-29(34-20-27)35(19-18-24-6-4-22(2)5-7-24)21-25-10-15-28(16-11-25)30(31,32)33/h4-17,20H,3,18-19,21H2,1-2H3. The molecule has 0 unspecified atom stereocenters. The highest BCUT2D eigenvalue weighted by atomic mass is 19.4. The normalized spacial score (nSPS) is 11.5. The number of hydrogen-bond donors (Lipinski definition) is 0. The van der Waals surface area contributed by atoms with E-state index in [0.717, 1.165) is 47.5 Å². The third-order valence-electron chi connectivity index (χ3n) is 6.21. The summed E-state index contributed by atoms with van der Waals surface area (Å²) in [6.07, 6.45) is -0.668. The maximum atomic E-state index is 13.0. The van der Waals surface area contributed by atoms with Gasteiger partial charge in [-0.1, -0.05) is 73.2 Å². The molecule has 0 aliphatic rings. The number of aromatic nitrogens is 1. The molecule has 0 fully saturated rings. The fourth-order valence-electron chi connectivity index (χ4n) is 3.99. The number of rotatable bonds is 8. The molecule has 180 valence electrons. The zero-order chi connectivity index (χ0) is 24.8. The number of hydrogen-bond acceptors (Lipinski definition) is 2. The number of anilines is 1. The summed E-state index contributed by atoms with van der Waals surface area (Å²) in [5.74, 6) is 0.797. The number of halogens is 3. The average Bonchev–Trinajstić information content (AvgIpc) is 2.87.